The number of aryl methyl sites for hydroxylation is 1. The molecule has 0 fully saturated rings. The number of ketones is 1. The van der Waals surface area contributed by atoms with E-state index in [1.165, 1.54) is 40.1 Å². The van der Waals surface area contributed by atoms with E-state index in [1.807, 2.05) is 0 Å². The fourth-order valence-corrected chi connectivity index (χ4v) is 4.48. The van der Waals surface area contributed by atoms with Crippen LogP contribution in [0.4, 0.5) is 27.6 Å². The van der Waals surface area contributed by atoms with Crippen LogP contribution in [-0.2, 0) is 6.18 Å². The summed E-state index contributed by atoms with van der Waals surface area (Å²) in [5.41, 5.74) is 4.24. The lowest BCUT2D eigenvalue weighted by Crippen LogP contribution is -2.10. The maximum atomic E-state index is 14.1. The average molecular weight is 484 g/mol. The van der Waals surface area contributed by atoms with E-state index >= 15 is 0 Å². The summed E-state index contributed by atoms with van der Waals surface area (Å²) < 4.78 is 73.0. The van der Waals surface area contributed by atoms with E-state index in [0.717, 1.165) is 18.3 Å². The van der Waals surface area contributed by atoms with Gasteiger partial charge in [-0.25, -0.2) is 8.78 Å². The quantitative estimate of drug-likeness (QED) is 0.156. The molecule has 0 saturated carbocycles. The largest absolute Gasteiger partial charge is 0.418 e. The molecule has 35 heavy (non-hydrogen) atoms. The summed E-state index contributed by atoms with van der Waals surface area (Å²) in [4.78, 5) is 16.2. The lowest BCUT2D eigenvalue weighted by Gasteiger charge is -2.15. The summed E-state index contributed by atoms with van der Waals surface area (Å²) in [5.74, 6) is -2.67. The molecule has 0 aliphatic heterocycles. The zero-order chi connectivity index (χ0) is 24.8. The first-order chi connectivity index (χ1) is 16.6. The van der Waals surface area contributed by atoms with Crippen molar-refractivity contribution in [2.24, 2.45) is 0 Å². The Balaban J connectivity index is 1.73. The van der Waals surface area contributed by atoms with Crippen LogP contribution in [0, 0.1) is 18.6 Å². The lowest BCUT2D eigenvalue weighted by atomic mass is 10.0. The molecule has 176 valence electrons. The van der Waals surface area contributed by atoms with Gasteiger partial charge in [0.1, 0.15) is 23.1 Å². The molecule has 6 rings (SSSR count). The van der Waals surface area contributed by atoms with E-state index in [2.05, 4.69) is 15.2 Å². The van der Waals surface area contributed by atoms with Gasteiger partial charge in [-0.2, -0.15) is 13.2 Å². The van der Waals surface area contributed by atoms with E-state index in [-0.39, 0.29) is 39.0 Å². The summed E-state index contributed by atoms with van der Waals surface area (Å²) in [6.45, 7) is 1.53. The highest BCUT2D eigenvalue weighted by molar-refractivity contribution is 6.18. The maximum absolute atomic E-state index is 14.1. The highest BCUT2D eigenvalue weighted by Crippen LogP contribution is 2.40. The van der Waals surface area contributed by atoms with E-state index in [0.29, 0.717) is 11.0 Å². The first kappa shape index (κ1) is 21.1. The highest BCUT2D eigenvalue weighted by Gasteiger charge is 2.35. The number of halogens is 5. The van der Waals surface area contributed by atoms with Gasteiger partial charge in [-0.3, -0.25) is 9.20 Å². The van der Waals surface area contributed by atoms with Gasteiger partial charge in [0, 0.05) is 28.7 Å². The van der Waals surface area contributed by atoms with Gasteiger partial charge in [-0.1, -0.05) is 6.07 Å². The van der Waals surface area contributed by atoms with Gasteiger partial charge in [0.15, 0.2) is 5.65 Å². The number of nitrogens with zero attached hydrogens (tertiary/aromatic N) is 4. The van der Waals surface area contributed by atoms with Crippen LogP contribution in [0.3, 0.4) is 0 Å². The number of benzene rings is 1. The van der Waals surface area contributed by atoms with Crippen molar-refractivity contribution >= 4 is 44.4 Å². The number of hydrogen-bond acceptors (Lipinski definition) is 4. The number of anilines is 1. The predicted octanol–water partition coefficient (Wildman–Crippen LogP) is 5.04. The number of fused-ring (bicyclic) bond motifs is 4. The summed E-state index contributed by atoms with van der Waals surface area (Å²) >= 11 is 0. The number of nitrogens with one attached hydrogen (secondary N) is 1. The molecule has 12 heteroatoms. The Morgan fingerprint density at radius 2 is 1.80 bits per heavy atom. The molecule has 5 aromatic heterocycles. The number of aromatic amines is 1. The number of nitrogen functional groups attached to an aromatic ring is 1. The van der Waals surface area contributed by atoms with E-state index in [4.69, 9.17) is 5.73 Å². The molecule has 7 nitrogen and oxygen atoms in total. The molecule has 6 aromatic rings. The molecular weight excluding hydrogens is 471 g/mol. The number of alkyl halides is 3. The van der Waals surface area contributed by atoms with Crippen LogP contribution in [0.1, 0.15) is 27.4 Å². The van der Waals surface area contributed by atoms with Crippen molar-refractivity contribution in [2.75, 3.05) is 5.73 Å². The highest BCUT2D eigenvalue weighted by atomic mass is 19.4. The Labute approximate surface area is 191 Å². The van der Waals surface area contributed by atoms with Crippen LogP contribution in [0.2, 0.25) is 0 Å². The number of nitrogens with two attached hydrogens (primary N) is 1. The smallest absolute Gasteiger partial charge is 0.394 e. The molecule has 0 aliphatic carbocycles. The lowest BCUT2D eigenvalue weighted by molar-refractivity contribution is -0.136. The van der Waals surface area contributed by atoms with Crippen LogP contribution in [0.25, 0.3) is 33.0 Å². The Hall–Kier alpha value is -4.48. The Morgan fingerprint density at radius 1 is 1.09 bits per heavy atom. The van der Waals surface area contributed by atoms with Gasteiger partial charge in [0.05, 0.1) is 27.8 Å². The number of aromatic nitrogens is 5. The number of H-pyrrole nitrogens is 1. The molecule has 1 aromatic carbocycles. The van der Waals surface area contributed by atoms with Crippen molar-refractivity contribution in [3.8, 4) is 0 Å². The topological polar surface area (TPSA) is 93.5 Å². The van der Waals surface area contributed by atoms with Crippen molar-refractivity contribution in [3.05, 3.63) is 77.0 Å². The molecule has 3 N–H and O–H groups in total. The second kappa shape index (κ2) is 6.78. The average Bonchev–Trinajstić information content (AvgIpc) is 3.37. The Bertz CT molecular complexity index is 1840. The summed E-state index contributed by atoms with van der Waals surface area (Å²) in [6, 6.07) is 6.04. The third kappa shape index (κ3) is 2.85. The Kier molecular flexibility index (Phi) is 4.08. The van der Waals surface area contributed by atoms with E-state index in [1.54, 1.807) is 0 Å². The fourth-order valence-electron chi connectivity index (χ4n) is 4.48. The van der Waals surface area contributed by atoms with E-state index in [9.17, 15) is 26.7 Å². The Morgan fingerprint density at radius 3 is 2.49 bits per heavy atom. The second-order valence-electron chi connectivity index (χ2n) is 8.12. The first-order valence-corrected chi connectivity index (χ1v) is 10.2. The van der Waals surface area contributed by atoms with Gasteiger partial charge in [-0.15, -0.1) is 10.2 Å². The summed E-state index contributed by atoms with van der Waals surface area (Å²) in [5, 5.41) is 7.98. The number of pyridine rings is 3. The van der Waals surface area contributed by atoms with Crippen molar-refractivity contribution in [1.29, 1.82) is 0 Å². The SMILES string of the molecule is Cc1nnc2c3[nH]c4cc(C(=O)c5cc(F)c(N)c(F)c5)n5cccc(c3c(C(F)(F)F)cn12)c45. The number of carbonyl (C=O) groups excluding carboxylic acids is 1. The van der Waals surface area contributed by atoms with Crippen molar-refractivity contribution in [2.45, 2.75) is 13.1 Å². The molecule has 0 unspecified atom stereocenters. The zero-order valence-corrected chi connectivity index (χ0v) is 17.7. The van der Waals surface area contributed by atoms with Crippen LogP contribution in [-0.4, -0.2) is 29.8 Å². The van der Waals surface area contributed by atoms with Crippen LogP contribution in [0.15, 0.2) is 42.7 Å². The first-order valence-electron chi connectivity index (χ1n) is 10.2. The number of carbonyl (C=O) groups is 1. The number of hydrogen-bond donors (Lipinski definition) is 2. The summed E-state index contributed by atoms with van der Waals surface area (Å²) in [6.07, 6.45) is -2.28. The fraction of sp³-hybridized carbons (Fsp3) is 0.0870. The second-order valence-corrected chi connectivity index (χ2v) is 8.12. The predicted molar refractivity (Wildman–Crippen MR) is 117 cm³/mol. The zero-order valence-electron chi connectivity index (χ0n) is 17.7. The van der Waals surface area contributed by atoms with Crippen molar-refractivity contribution in [1.82, 2.24) is 24.0 Å². The van der Waals surface area contributed by atoms with Gasteiger partial charge in [-0.05, 0) is 31.2 Å². The molecule has 0 bridgehead atoms. The monoisotopic (exact) mass is 484 g/mol. The minimum absolute atomic E-state index is 0.0112. The molecule has 0 radical (unpaired) electrons. The van der Waals surface area contributed by atoms with Crippen molar-refractivity contribution in [3.63, 3.8) is 0 Å². The minimum atomic E-state index is -4.70. The minimum Gasteiger partial charge on any atom is -0.394 e. The molecule has 0 aliphatic rings. The molecule has 0 saturated heterocycles. The molecule has 5 heterocycles. The van der Waals surface area contributed by atoms with Crippen LogP contribution in [0.5, 0.6) is 0 Å². The molecule has 0 atom stereocenters. The maximum Gasteiger partial charge on any atom is 0.418 e. The van der Waals surface area contributed by atoms with Gasteiger partial charge < -0.3 is 15.1 Å². The third-order valence-corrected chi connectivity index (χ3v) is 6.07. The molecule has 0 amide bonds. The van der Waals surface area contributed by atoms with Crippen LogP contribution < -0.4 is 5.73 Å². The van der Waals surface area contributed by atoms with Gasteiger partial charge in [0.25, 0.3) is 0 Å². The molecule has 0 spiro atoms. The van der Waals surface area contributed by atoms with Crippen LogP contribution >= 0.6 is 0 Å². The normalized spacial score (nSPS) is 12.5. The van der Waals surface area contributed by atoms with Crippen molar-refractivity contribution < 1.29 is 26.7 Å². The third-order valence-electron chi connectivity index (χ3n) is 6.07. The number of rotatable bonds is 2. The summed E-state index contributed by atoms with van der Waals surface area (Å²) in [7, 11) is 0. The molecular formula is C23H13F5N6O. The van der Waals surface area contributed by atoms with Gasteiger partial charge >= 0.3 is 6.18 Å². The van der Waals surface area contributed by atoms with Gasteiger partial charge in [0.2, 0.25) is 5.78 Å². The van der Waals surface area contributed by atoms with E-state index < -0.39 is 34.8 Å². The standard InChI is InChI=1S/C23H13F5N6O/c1-9-31-32-22-19-17(12(8-34(9)22)23(26,27)28)11-3-2-4-33-16(7-15(30-19)20(11)33)21(35)10-5-13(24)18(29)14(25)6-10/h2-8,30H,29H2,1H3.